The number of thiazole rings is 1. The van der Waals surface area contributed by atoms with Gasteiger partial charge in [0.1, 0.15) is 34.0 Å². The van der Waals surface area contributed by atoms with Crippen LogP contribution in [0.25, 0.3) is 22.6 Å². The molecular weight excluding hydrogens is 368 g/mol. The number of aliphatic hydroxyl groups is 1. The molecule has 124 valence electrons. The van der Waals surface area contributed by atoms with E-state index in [0.29, 0.717) is 0 Å². The predicted octanol–water partition coefficient (Wildman–Crippen LogP) is 5.09. The van der Waals surface area contributed by atoms with Gasteiger partial charge in [-0.2, -0.15) is 5.26 Å². The average molecular weight is 376 g/mol. The third-order valence-corrected chi connectivity index (χ3v) is 4.43. The summed E-state index contributed by atoms with van der Waals surface area (Å²) < 4.78 is 27.8. The van der Waals surface area contributed by atoms with E-state index < -0.39 is 17.4 Å². The first-order chi connectivity index (χ1) is 12.0. The fourth-order valence-corrected chi connectivity index (χ4v) is 3.14. The Balaban J connectivity index is 2.11. The van der Waals surface area contributed by atoms with Gasteiger partial charge < -0.3 is 5.11 Å². The number of nitriles is 1. The lowest BCUT2D eigenvalue weighted by Crippen LogP contribution is -1.95. The Hall–Kier alpha value is -2.82. The third kappa shape index (κ3) is 3.22. The van der Waals surface area contributed by atoms with Crippen LogP contribution >= 0.6 is 22.9 Å². The highest BCUT2D eigenvalue weighted by Crippen LogP contribution is 2.33. The first-order valence-corrected chi connectivity index (χ1v) is 8.13. The molecule has 2 heterocycles. The summed E-state index contributed by atoms with van der Waals surface area (Å²) in [6.07, 6.45) is 1.41. The van der Waals surface area contributed by atoms with Crippen molar-refractivity contribution in [3.63, 3.8) is 0 Å². The highest BCUT2D eigenvalue weighted by atomic mass is 35.5. The Morgan fingerprint density at radius 2 is 1.92 bits per heavy atom. The molecule has 1 N–H and O–H groups in total. The second kappa shape index (κ2) is 6.97. The fourth-order valence-electron chi connectivity index (χ4n) is 2.13. The number of rotatable bonds is 3. The van der Waals surface area contributed by atoms with Crippen LogP contribution in [0.2, 0.25) is 5.02 Å². The normalized spacial score (nSPS) is 11.8. The quantitative estimate of drug-likeness (QED) is 0.511. The topological polar surface area (TPSA) is 69.8 Å². The molecule has 3 aromatic rings. The first-order valence-electron chi connectivity index (χ1n) is 6.87. The summed E-state index contributed by atoms with van der Waals surface area (Å²) in [6, 6.07) is 8.39. The van der Waals surface area contributed by atoms with Crippen LogP contribution in [0.4, 0.5) is 8.78 Å². The lowest BCUT2D eigenvalue weighted by atomic mass is 10.1. The van der Waals surface area contributed by atoms with E-state index >= 15 is 0 Å². The number of hydrogen-bond acceptors (Lipinski definition) is 5. The molecule has 0 amide bonds. The van der Waals surface area contributed by atoms with Crippen molar-refractivity contribution in [1.82, 2.24) is 9.97 Å². The van der Waals surface area contributed by atoms with Gasteiger partial charge in [0.05, 0.1) is 16.3 Å². The molecule has 25 heavy (non-hydrogen) atoms. The fraction of sp³-hybridized carbons (Fsp3) is 0. The molecule has 0 unspecified atom stereocenters. The predicted molar refractivity (Wildman–Crippen MR) is 91.8 cm³/mol. The monoisotopic (exact) mass is 375 g/mol. The summed E-state index contributed by atoms with van der Waals surface area (Å²) in [5, 5.41) is 21.4. The Morgan fingerprint density at radius 1 is 1.20 bits per heavy atom. The summed E-state index contributed by atoms with van der Waals surface area (Å²) in [5.41, 5.74) is -0.427. The van der Waals surface area contributed by atoms with E-state index in [1.165, 1.54) is 23.7 Å². The first kappa shape index (κ1) is 17.0. The molecule has 0 saturated carbocycles. The molecule has 0 spiro atoms. The van der Waals surface area contributed by atoms with E-state index in [1.807, 2.05) is 6.07 Å². The lowest BCUT2D eigenvalue weighted by Gasteiger charge is -2.03. The zero-order valence-electron chi connectivity index (χ0n) is 12.4. The molecule has 0 radical (unpaired) electrons. The highest BCUT2D eigenvalue weighted by Gasteiger charge is 2.20. The second-order valence-electron chi connectivity index (χ2n) is 4.80. The number of aromatic nitrogens is 2. The van der Waals surface area contributed by atoms with Gasteiger partial charge >= 0.3 is 0 Å². The van der Waals surface area contributed by atoms with Gasteiger partial charge in [-0.1, -0.05) is 17.7 Å². The van der Waals surface area contributed by atoms with Crippen LogP contribution in [0.5, 0.6) is 0 Å². The molecule has 0 saturated heterocycles. The van der Waals surface area contributed by atoms with E-state index in [4.69, 9.17) is 11.6 Å². The molecular formula is C17H8ClF2N3OS. The number of pyridine rings is 1. The van der Waals surface area contributed by atoms with Crippen LogP contribution in [0.3, 0.4) is 0 Å². The van der Waals surface area contributed by atoms with Crippen molar-refractivity contribution in [1.29, 1.82) is 5.26 Å². The van der Waals surface area contributed by atoms with Crippen LogP contribution in [0, 0.1) is 23.0 Å². The zero-order chi connectivity index (χ0) is 18.0. The van der Waals surface area contributed by atoms with Crippen molar-refractivity contribution in [2.24, 2.45) is 0 Å². The van der Waals surface area contributed by atoms with Crippen LogP contribution in [-0.2, 0) is 0 Å². The molecule has 3 rings (SSSR count). The van der Waals surface area contributed by atoms with E-state index in [0.717, 1.165) is 23.5 Å². The van der Waals surface area contributed by atoms with E-state index in [1.54, 1.807) is 6.07 Å². The van der Waals surface area contributed by atoms with Gasteiger partial charge in [-0.05, 0) is 24.3 Å². The van der Waals surface area contributed by atoms with Crippen molar-refractivity contribution in [3.8, 4) is 17.3 Å². The summed E-state index contributed by atoms with van der Waals surface area (Å²) in [5.74, 6) is -1.99. The summed E-state index contributed by atoms with van der Waals surface area (Å²) >= 11 is 6.94. The van der Waals surface area contributed by atoms with Gasteiger partial charge in [-0.15, -0.1) is 11.3 Å². The van der Waals surface area contributed by atoms with E-state index in [2.05, 4.69) is 9.97 Å². The molecule has 1 aromatic carbocycles. The number of hydrogen-bond donors (Lipinski definition) is 1. The molecule has 0 aliphatic heterocycles. The van der Waals surface area contributed by atoms with Crippen molar-refractivity contribution in [2.45, 2.75) is 0 Å². The Labute approximate surface area is 150 Å². The molecule has 0 atom stereocenters. The minimum Gasteiger partial charge on any atom is -0.504 e. The van der Waals surface area contributed by atoms with Gasteiger partial charge in [0.25, 0.3) is 0 Å². The maximum Gasteiger partial charge on any atom is 0.163 e. The standard InChI is InChI=1S/C17H8ClF2N3OS/c18-10-3-2-6-22-15(10)16(24)9(7-21)17-23-13(8-25-17)14-11(19)4-1-5-12(14)20/h1-6,8,24H. The SMILES string of the molecule is N#CC(=C(O)c1ncccc1Cl)c1nc(-c2c(F)cccc2F)cs1. The van der Waals surface area contributed by atoms with Gasteiger partial charge in [0, 0.05) is 11.6 Å². The molecule has 8 heteroatoms. The Kier molecular flexibility index (Phi) is 4.74. The van der Waals surface area contributed by atoms with Crippen LogP contribution in [-0.4, -0.2) is 15.1 Å². The van der Waals surface area contributed by atoms with Gasteiger partial charge in [0.15, 0.2) is 5.76 Å². The molecule has 2 aromatic heterocycles. The minimum atomic E-state index is -0.767. The third-order valence-electron chi connectivity index (χ3n) is 3.27. The van der Waals surface area contributed by atoms with Gasteiger partial charge in [0.2, 0.25) is 0 Å². The summed E-state index contributed by atoms with van der Waals surface area (Å²) in [7, 11) is 0. The molecule has 0 aliphatic carbocycles. The van der Waals surface area contributed by atoms with Crippen molar-refractivity contribution >= 4 is 34.3 Å². The smallest absolute Gasteiger partial charge is 0.163 e. The van der Waals surface area contributed by atoms with Crippen LogP contribution in [0.15, 0.2) is 41.9 Å². The van der Waals surface area contributed by atoms with Gasteiger partial charge in [-0.3, -0.25) is 4.98 Å². The molecule has 4 nitrogen and oxygen atoms in total. The van der Waals surface area contributed by atoms with Crippen LogP contribution in [0.1, 0.15) is 10.7 Å². The van der Waals surface area contributed by atoms with E-state index in [-0.39, 0.29) is 32.6 Å². The summed E-state index contributed by atoms with van der Waals surface area (Å²) in [6.45, 7) is 0. The number of aliphatic hydroxyl groups excluding tert-OH is 1. The highest BCUT2D eigenvalue weighted by molar-refractivity contribution is 7.11. The maximum absolute atomic E-state index is 13.9. The number of benzene rings is 1. The second-order valence-corrected chi connectivity index (χ2v) is 6.07. The minimum absolute atomic E-state index is 0.0227. The zero-order valence-corrected chi connectivity index (χ0v) is 13.9. The van der Waals surface area contributed by atoms with Crippen molar-refractivity contribution < 1.29 is 13.9 Å². The molecule has 0 fully saturated rings. The Bertz CT molecular complexity index is 1010. The Morgan fingerprint density at radius 3 is 2.56 bits per heavy atom. The van der Waals surface area contributed by atoms with Crippen molar-refractivity contribution in [2.75, 3.05) is 0 Å². The summed E-state index contributed by atoms with van der Waals surface area (Å²) in [4.78, 5) is 8.01. The average Bonchev–Trinajstić information content (AvgIpc) is 3.05. The number of allylic oxidation sites excluding steroid dienone is 1. The number of nitrogens with zero attached hydrogens (tertiary/aromatic N) is 3. The van der Waals surface area contributed by atoms with Gasteiger partial charge in [-0.25, -0.2) is 13.8 Å². The van der Waals surface area contributed by atoms with Crippen molar-refractivity contribution in [3.05, 3.63) is 69.3 Å². The number of halogens is 3. The van der Waals surface area contributed by atoms with Crippen LogP contribution < -0.4 is 0 Å². The molecule has 0 bridgehead atoms. The van der Waals surface area contributed by atoms with E-state index in [9.17, 15) is 19.1 Å². The lowest BCUT2D eigenvalue weighted by molar-refractivity contribution is 0.511. The maximum atomic E-state index is 13.9. The molecule has 0 aliphatic rings. The largest absolute Gasteiger partial charge is 0.504 e.